The lowest BCUT2D eigenvalue weighted by Crippen LogP contribution is -2.39. The van der Waals surface area contributed by atoms with Crippen molar-refractivity contribution >= 4 is 11.8 Å². The van der Waals surface area contributed by atoms with Crippen LogP contribution in [0, 0.1) is 0 Å². The molecular formula is C20H25N3O3. The Labute approximate surface area is 153 Å². The minimum atomic E-state index is -0.476. The molecule has 26 heavy (non-hydrogen) atoms. The molecule has 2 aromatic rings. The van der Waals surface area contributed by atoms with Crippen molar-refractivity contribution in [1.82, 2.24) is 14.8 Å². The van der Waals surface area contributed by atoms with Gasteiger partial charge in [0.05, 0.1) is 31.7 Å². The van der Waals surface area contributed by atoms with E-state index in [-0.39, 0.29) is 23.7 Å². The van der Waals surface area contributed by atoms with Crippen molar-refractivity contribution in [1.29, 1.82) is 0 Å². The number of likely N-dealkylation sites (tertiary alicyclic amines) is 1. The number of carbonyl (C=O) groups is 2. The monoisotopic (exact) mass is 355 g/mol. The fourth-order valence-corrected chi connectivity index (χ4v) is 3.00. The molecule has 2 amide bonds. The largest absolute Gasteiger partial charge is 0.444 e. The maximum atomic E-state index is 12.7. The van der Waals surface area contributed by atoms with Gasteiger partial charge in [0.15, 0.2) is 0 Å². The van der Waals surface area contributed by atoms with Gasteiger partial charge in [-0.05, 0) is 12.6 Å². The molecule has 1 aliphatic rings. The molecule has 0 spiro atoms. The highest BCUT2D eigenvalue weighted by Gasteiger charge is 2.41. The maximum absolute atomic E-state index is 12.7. The number of imide groups is 1. The molecule has 1 aromatic heterocycles. The number of oxazole rings is 1. The highest BCUT2D eigenvalue weighted by molar-refractivity contribution is 6.05. The molecule has 1 fully saturated rings. The summed E-state index contributed by atoms with van der Waals surface area (Å²) in [6.07, 6.45) is 1.92. The van der Waals surface area contributed by atoms with Crippen LogP contribution in [0.3, 0.4) is 0 Å². The number of benzene rings is 1. The number of likely N-dealkylation sites (N-methyl/N-ethyl adjacent to an activating group) is 1. The molecule has 1 saturated heterocycles. The van der Waals surface area contributed by atoms with E-state index in [0.29, 0.717) is 19.0 Å². The number of aromatic nitrogens is 1. The third-order valence-electron chi connectivity index (χ3n) is 4.61. The Bertz CT molecular complexity index is 792. The Hall–Kier alpha value is -2.47. The van der Waals surface area contributed by atoms with Gasteiger partial charge in [-0.3, -0.25) is 19.4 Å². The first-order chi connectivity index (χ1) is 12.3. The molecular weight excluding hydrogens is 330 g/mol. The molecule has 1 atom stereocenters. The van der Waals surface area contributed by atoms with Crippen LogP contribution < -0.4 is 0 Å². The molecule has 6 nitrogen and oxygen atoms in total. The highest BCUT2D eigenvalue weighted by atomic mass is 16.4. The Balaban J connectivity index is 1.66. The number of hydrogen-bond acceptors (Lipinski definition) is 5. The summed E-state index contributed by atoms with van der Waals surface area (Å²) in [5.74, 6) is 1.06. The van der Waals surface area contributed by atoms with Crippen LogP contribution in [0.4, 0.5) is 0 Å². The molecule has 2 heterocycles. The summed E-state index contributed by atoms with van der Waals surface area (Å²) in [7, 11) is 1.82. The molecule has 138 valence electrons. The van der Waals surface area contributed by atoms with Gasteiger partial charge in [-0.15, -0.1) is 0 Å². The molecule has 1 unspecified atom stereocenters. The lowest BCUT2D eigenvalue weighted by molar-refractivity contribution is -0.140. The molecule has 0 N–H and O–H groups in total. The summed E-state index contributed by atoms with van der Waals surface area (Å²) in [4.78, 5) is 32.5. The van der Waals surface area contributed by atoms with E-state index >= 15 is 0 Å². The average molecular weight is 355 g/mol. The SMILES string of the molecule is CN(Cc1ncc(C(C)(C)C)o1)C1CC(=O)N(Cc2ccccc2)C1=O. The predicted octanol–water partition coefficient (Wildman–Crippen LogP) is 2.73. The Morgan fingerprint density at radius 2 is 1.92 bits per heavy atom. The summed E-state index contributed by atoms with van der Waals surface area (Å²) in [6, 6.07) is 9.07. The van der Waals surface area contributed by atoms with Crippen molar-refractivity contribution in [3.63, 3.8) is 0 Å². The summed E-state index contributed by atoms with van der Waals surface area (Å²) in [5.41, 5.74) is 0.829. The van der Waals surface area contributed by atoms with Crippen molar-refractivity contribution in [2.75, 3.05) is 7.05 Å². The zero-order valence-electron chi connectivity index (χ0n) is 15.7. The normalized spacial score (nSPS) is 18.2. The number of rotatable bonds is 5. The quantitative estimate of drug-likeness (QED) is 0.772. The zero-order valence-corrected chi connectivity index (χ0v) is 15.7. The van der Waals surface area contributed by atoms with Crippen molar-refractivity contribution < 1.29 is 14.0 Å². The smallest absolute Gasteiger partial charge is 0.247 e. The van der Waals surface area contributed by atoms with Gasteiger partial charge in [0, 0.05) is 5.41 Å². The first-order valence-electron chi connectivity index (χ1n) is 8.79. The second kappa shape index (κ2) is 7.03. The Morgan fingerprint density at radius 1 is 1.23 bits per heavy atom. The summed E-state index contributed by atoms with van der Waals surface area (Å²) in [5, 5.41) is 0. The lowest BCUT2D eigenvalue weighted by Gasteiger charge is -2.21. The van der Waals surface area contributed by atoms with Gasteiger partial charge in [0.25, 0.3) is 0 Å². The number of nitrogens with zero attached hydrogens (tertiary/aromatic N) is 3. The molecule has 6 heteroatoms. The number of carbonyl (C=O) groups excluding carboxylic acids is 2. The third-order valence-corrected chi connectivity index (χ3v) is 4.61. The van der Waals surface area contributed by atoms with Crippen molar-refractivity contribution in [3.8, 4) is 0 Å². The first-order valence-corrected chi connectivity index (χ1v) is 8.79. The fraction of sp³-hybridized carbons (Fsp3) is 0.450. The van der Waals surface area contributed by atoms with Crippen molar-refractivity contribution in [2.45, 2.75) is 51.7 Å². The minimum Gasteiger partial charge on any atom is -0.444 e. The fourth-order valence-electron chi connectivity index (χ4n) is 3.00. The second-order valence-electron chi connectivity index (χ2n) is 7.81. The van der Waals surface area contributed by atoms with E-state index in [0.717, 1.165) is 11.3 Å². The Morgan fingerprint density at radius 3 is 2.54 bits per heavy atom. The van der Waals surface area contributed by atoms with E-state index in [1.54, 1.807) is 6.20 Å². The third kappa shape index (κ3) is 3.85. The number of amides is 2. The van der Waals surface area contributed by atoms with E-state index in [9.17, 15) is 9.59 Å². The molecule has 1 aromatic carbocycles. The van der Waals surface area contributed by atoms with Gasteiger partial charge in [-0.1, -0.05) is 51.1 Å². The van der Waals surface area contributed by atoms with Crippen LogP contribution in [0.2, 0.25) is 0 Å². The number of hydrogen-bond donors (Lipinski definition) is 0. The van der Waals surface area contributed by atoms with E-state index < -0.39 is 6.04 Å². The molecule has 0 aliphatic carbocycles. The van der Waals surface area contributed by atoms with Gasteiger partial charge in [-0.25, -0.2) is 4.98 Å². The molecule has 1 aliphatic heterocycles. The molecule has 0 saturated carbocycles. The van der Waals surface area contributed by atoms with Gasteiger partial charge in [0.2, 0.25) is 17.7 Å². The van der Waals surface area contributed by atoms with Gasteiger partial charge in [-0.2, -0.15) is 0 Å². The average Bonchev–Trinajstić information content (AvgIpc) is 3.16. The van der Waals surface area contributed by atoms with Crippen LogP contribution in [0.25, 0.3) is 0 Å². The van der Waals surface area contributed by atoms with Gasteiger partial charge >= 0.3 is 0 Å². The lowest BCUT2D eigenvalue weighted by atomic mass is 9.94. The standard InChI is InChI=1S/C20H25N3O3/c1-20(2,3)16-11-21-17(26-16)13-22(4)15-10-18(24)23(19(15)25)12-14-8-6-5-7-9-14/h5-9,11,15H,10,12-13H2,1-4H3. The van der Waals surface area contributed by atoms with E-state index in [4.69, 9.17) is 4.42 Å². The Kier molecular flexibility index (Phi) is 4.96. The summed E-state index contributed by atoms with van der Waals surface area (Å²) in [6.45, 7) is 6.87. The summed E-state index contributed by atoms with van der Waals surface area (Å²) >= 11 is 0. The zero-order chi connectivity index (χ0) is 18.9. The highest BCUT2D eigenvalue weighted by Crippen LogP contribution is 2.25. The van der Waals surface area contributed by atoms with Crippen LogP contribution in [-0.4, -0.2) is 39.7 Å². The minimum absolute atomic E-state index is 0.116. The van der Waals surface area contributed by atoms with Crippen LogP contribution in [0.15, 0.2) is 40.9 Å². The van der Waals surface area contributed by atoms with Crippen LogP contribution in [0.5, 0.6) is 0 Å². The molecule has 0 bridgehead atoms. The van der Waals surface area contributed by atoms with E-state index in [1.807, 2.05) is 42.3 Å². The van der Waals surface area contributed by atoms with Crippen LogP contribution in [-0.2, 0) is 28.1 Å². The predicted molar refractivity (Wildman–Crippen MR) is 97.1 cm³/mol. The van der Waals surface area contributed by atoms with Crippen molar-refractivity contribution in [2.24, 2.45) is 0 Å². The second-order valence-corrected chi connectivity index (χ2v) is 7.81. The van der Waals surface area contributed by atoms with Gasteiger partial charge < -0.3 is 4.42 Å². The maximum Gasteiger partial charge on any atom is 0.247 e. The first kappa shape index (κ1) is 18.3. The molecule has 0 radical (unpaired) electrons. The van der Waals surface area contributed by atoms with Gasteiger partial charge in [0.1, 0.15) is 5.76 Å². The van der Waals surface area contributed by atoms with Crippen LogP contribution in [0.1, 0.15) is 44.4 Å². The van der Waals surface area contributed by atoms with Crippen molar-refractivity contribution in [3.05, 3.63) is 53.7 Å². The van der Waals surface area contributed by atoms with E-state index in [1.165, 1.54) is 4.90 Å². The van der Waals surface area contributed by atoms with E-state index in [2.05, 4.69) is 25.8 Å². The molecule has 3 rings (SSSR count). The summed E-state index contributed by atoms with van der Waals surface area (Å²) < 4.78 is 5.80. The topological polar surface area (TPSA) is 66.7 Å². The van der Waals surface area contributed by atoms with Crippen LogP contribution >= 0.6 is 0 Å².